The predicted molar refractivity (Wildman–Crippen MR) is 66.2 cm³/mol. The highest BCUT2D eigenvalue weighted by atomic mass is 16.8. The van der Waals surface area contributed by atoms with Crippen LogP contribution < -0.4 is 0 Å². The lowest BCUT2D eigenvalue weighted by Crippen LogP contribution is -2.40. The first-order chi connectivity index (χ1) is 9.41. The fourth-order valence-electron chi connectivity index (χ4n) is 3.33. The van der Waals surface area contributed by atoms with E-state index in [0.717, 1.165) is 0 Å². The molecule has 0 aromatic heterocycles. The molecule has 0 saturated carbocycles. The maximum Gasteiger partial charge on any atom is 0.307 e. The van der Waals surface area contributed by atoms with E-state index < -0.39 is 12.1 Å². The molecule has 0 unspecified atom stereocenters. The minimum absolute atomic E-state index is 0.0869. The Hall–Kier alpha value is -0.730. The molecule has 3 aliphatic heterocycles. The molecule has 0 spiro atoms. The van der Waals surface area contributed by atoms with Gasteiger partial charge in [-0.1, -0.05) is 0 Å². The molecule has 3 heterocycles. The Kier molecular flexibility index (Phi) is 3.50. The molecule has 5 atom stereocenters. The van der Waals surface area contributed by atoms with Crippen LogP contribution in [-0.4, -0.2) is 59.1 Å². The van der Waals surface area contributed by atoms with Crippen LogP contribution in [0.25, 0.3) is 0 Å². The normalized spacial score (nSPS) is 42.5. The van der Waals surface area contributed by atoms with Gasteiger partial charge < -0.3 is 19.3 Å². The molecule has 0 aromatic carbocycles. The number of esters is 1. The second kappa shape index (κ2) is 4.92. The second-order valence-corrected chi connectivity index (χ2v) is 5.86. The molecule has 7 nitrogen and oxygen atoms in total. The molecule has 1 N–H and O–H groups in total. The Morgan fingerprint density at radius 2 is 2.10 bits per heavy atom. The summed E-state index contributed by atoms with van der Waals surface area (Å²) in [4.78, 5) is 17.2. The van der Waals surface area contributed by atoms with E-state index in [4.69, 9.17) is 19.0 Å². The quantitative estimate of drug-likeness (QED) is 0.741. The zero-order chi connectivity index (χ0) is 14.5. The van der Waals surface area contributed by atoms with Crippen LogP contribution in [0.15, 0.2) is 0 Å². The summed E-state index contributed by atoms with van der Waals surface area (Å²) < 4.78 is 16.8. The standard InChI is InChI=1S/C13H21NO6/c1-4-17-9(15)5-7-11-12(19-13(2,3)18-11)8-6-10(16)20-14(7)8/h7-8,10-12,16H,4-6H2,1-3H3/t7-,8+,10-,11-,12+/m0/s1. The fourth-order valence-corrected chi connectivity index (χ4v) is 3.33. The number of aliphatic hydroxyl groups is 1. The summed E-state index contributed by atoms with van der Waals surface area (Å²) in [5, 5.41) is 11.3. The number of nitrogens with zero attached hydrogens (tertiary/aromatic N) is 1. The van der Waals surface area contributed by atoms with E-state index in [1.54, 1.807) is 12.0 Å². The Morgan fingerprint density at radius 3 is 2.80 bits per heavy atom. The van der Waals surface area contributed by atoms with E-state index in [1.165, 1.54) is 0 Å². The summed E-state index contributed by atoms with van der Waals surface area (Å²) >= 11 is 0. The van der Waals surface area contributed by atoms with Crippen molar-refractivity contribution in [2.24, 2.45) is 0 Å². The molecule has 0 aliphatic carbocycles. The molecule has 114 valence electrons. The number of aliphatic hydroxyl groups excluding tert-OH is 1. The third-order valence-electron chi connectivity index (χ3n) is 3.94. The highest BCUT2D eigenvalue weighted by Crippen LogP contribution is 2.45. The summed E-state index contributed by atoms with van der Waals surface area (Å²) in [5.41, 5.74) is 0. The number of hydroxylamine groups is 2. The number of carbonyl (C=O) groups excluding carboxylic acids is 1. The summed E-state index contributed by atoms with van der Waals surface area (Å²) in [6, 6.07) is -0.376. The maximum absolute atomic E-state index is 11.8. The number of ether oxygens (including phenoxy) is 3. The van der Waals surface area contributed by atoms with Gasteiger partial charge in [0.15, 0.2) is 12.1 Å². The molecular weight excluding hydrogens is 266 g/mol. The van der Waals surface area contributed by atoms with E-state index >= 15 is 0 Å². The van der Waals surface area contributed by atoms with Gasteiger partial charge in [0.1, 0.15) is 12.2 Å². The van der Waals surface area contributed by atoms with Crippen LogP contribution in [0.2, 0.25) is 0 Å². The second-order valence-electron chi connectivity index (χ2n) is 5.86. The van der Waals surface area contributed by atoms with Gasteiger partial charge in [-0.25, -0.2) is 0 Å². The Labute approximate surface area is 117 Å². The average Bonchev–Trinajstić information content (AvgIpc) is 2.92. The van der Waals surface area contributed by atoms with Crippen molar-refractivity contribution in [3.05, 3.63) is 0 Å². The van der Waals surface area contributed by atoms with Crippen molar-refractivity contribution in [2.75, 3.05) is 6.61 Å². The van der Waals surface area contributed by atoms with Crippen LogP contribution in [0.1, 0.15) is 33.6 Å². The number of hydrogen-bond acceptors (Lipinski definition) is 7. The number of rotatable bonds is 3. The van der Waals surface area contributed by atoms with Crippen molar-refractivity contribution in [1.29, 1.82) is 0 Å². The highest BCUT2D eigenvalue weighted by Gasteiger charge is 2.61. The number of hydrogen-bond donors (Lipinski definition) is 1. The molecule has 3 rings (SSSR count). The lowest BCUT2D eigenvalue weighted by Gasteiger charge is -2.27. The van der Waals surface area contributed by atoms with E-state index in [1.807, 2.05) is 13.8 Å². The third-order valence-corrected chi connectivity index (χ3v) is 3.94. The smallest absolute Gasteiger partial charge is 0.307 e. The number of carbonyl (C=O) groups is 1. The minimum atomic E-state index is -0.849. The molecule has 3 aliphatic rings. The summed E-state index contributed by atoms with van der Waals surface area (Å²) in [5.74, 6) is -0.975. The molecular formula is C13H21NO6. The largest absolute Gasteiger partial charge is 0.466 e. The fraction of sp³-hybridized carbons (Fsp3) is 0.923. The van der Waals surface area contributed by atoms with Crippen LogP contribution >= 0.6 is 0 Å². The molecule has 0 aromatic rings. The molecule has 20 heavy (non-hydrogen) atoms. The molecule has 7 heteroatoms. The van der Waals surface area contributed by atoms with Crippen LogP contribution in [0.3, 0.4) is 0 Å². The van der Waals surface area contributed by atoms with Gasteiger partial charge in [-0.2, -0.15) is 5.06 Å². The topological polar surface area (TPSA) is 77.5 Å². The van der Waals surface area contributed by atoms with E-state index in [9.17, 15) is 9.90 Å². The Bertz CT molecular complexity index is 400. The van der Waals surface area contributed by atoms with Gasteiger partial charge in [0.2, 0.25) is 0 Å². The molecule has 0 bridgehead atoms. The molecule has 3 fully saturated rings. The van der Waals surface area contributed by atoms with Crippen molar-refractivity contribution in [3.63, 3.8) is 0 Å². The van der Waals surface area contributed by atoms with Crippen LogP contribution in [0.4, 0.5) is 0 Å². The maximum atomic E-state index is 11.8. The Morgan fingerprint density at radius 1 is 1.40 bits per heavy atom. The summed E-state index contributed by atoms with van der Waals surface area (Å²) in [7, 11) is 0. The zero-order valence-corrected chi connectivity index (χ0v) is 11.9. The average molecular weight is 287 g/mol. The van der Waals surface area contributed by atoms with Gasteiger partial charge in [-0.15, -0.1) is 0 Å². The van der Waals surface area contributed by atoms with Crippen molar-refractivity contribution in [3.8, 4) is 0 Å². The van der Waals surface area contributed by atoms with Gasteiger partial charge in [-0.3, -0.25) is 9.63 Å². The third kappa shape index (κ3) is 2.33. The van der Waals surface area contributed by atoms with Crippen molar-refractivity contribution >= 4 is 5.97 Å². The number of fused-ring (bicyclic) bond motifs is 3. The van der Waals surface area contributed by atoms with Gasteiger partial charge in [0.25, 0.3) is 0 Å². The SMILES string of the molecule is CCOC(=O)C[C@H]1[C@@H]2OC(C)(C)O[C@@H]2[C@H]2C[C@@H](O)ON21. The van der Waals surface area contributed by atoms with Crippen LogP contribution in [0.5, 0.6) is 0 Å². The first-order valence-corrected chi connectivity index (χ1v) is 7.05. The lowest BCUT2D eigenvalue weighted by atomic mass is 10.0. The first-order valence-electron chi connectivity index (χ1n) is 7.05. The molecule has 3 saturated heterocycles. The molecule has 0 radical (unpaired) electrons. The van der Waals surface area contributed by atoms with Crippen LogP contribution in [-0.2, 0) is 23.8 Å². The van der Waals surface area contributed by atoms with Gasteiger partial charge >= 0.3 is 5.97 Å². The first kappa shape index (κ1) is 14.2. The van der Waals surface area contributed by atoms with Crippen molar-refractivity contribution < 1.29 is 28.9 Å². The highest BCUT2D eigenvalue weighted by molar-refractivity contribution is 5.70. The van der Waals surface area contributed by atoms with Crippen molar-refractivity contribution in [2.45, 2.75) is 70.0 Å². The van der Waals surface area contributed by atoms with Gasteiger partial charge in [-0.05, 0) is 20.8 Å². The summed E-state index contributed by atoms with van der Waals surface area (Å²) in [6.45, 7) is 5.81. The van der Waals surface area contributed by atoms with E-state index in [0.29, 0.717) is 13.0 Å². The summed E-state index contributed by atoms with van der Waals surface area (Å²) in [6.07, 6.45) is -0.663. The zero-order valence-electron chi connectivity index (χ0n) is 11.9. The van der Waals surface area contributed by atoms with Crippen LogP contribution in [0, 0.1) is 0 Å². The van der Waals surface area contributed by atoms with E-state index in [2.05, 4.69) is 0 Å². The van der Waals surface area contributed by atoms with Crippen molar-refractivity contribution in [1.82, 2.24) is 5.06 Å². The monoisotopic (exact) mass is 287 g/mol. The molecule has 0 amide bonds. The van der Waals surface area contributed by atoms with Gasteiger partial charge in [0, 0.05) is 6.42 Å². The van der Waals surface area contributed by atoms with E-state index in [-0.39, 0.29) is 36.7 Å². The Balaban J connectivity index is 1.78. The van der Waals surface area contributed by atoms with Gasteiger partial charge in [0.05, 0.1) is 25.1 Å². The lowest BCUT2D eigenvalue weighted by molar-refractivity contribution is -0.255. The minimum Gasteiger partial charge on any atom is -0.466 e. The predicted octanol–water partition coefficient (Wildman–Crippen LogP) is 0.166.